The molecule has 292 valence electrons. The minimum Gasteiger partial charge on any atom is -0.455 e. The quantitative estimate of drug-likeness (QED) is 0.158. The first-order chi connectivity index (χ1) is 31.3. The van der Waals surface area contributed by atoms with E-state index in [2.05, 4.69) is 231 Å². The van der Waals surface area contributed by atoms with Crippen molar-refractivity contribution in [3.8, 4) is 55.6 Å². The average molecular weight is 799 g/mol. The Bertz CT molecular complexity index is 3840. The summed E-state index contributed by atoms with van der Waals surface area (Å²) in [6.45, 7) is 0. The standard InChI is InChI=1S/C62H38O/c1-3-18-39(19-4-1)42-35-36-53(44-23-8-7-22-43(42)44)60-49-28-13-11-26-47(49)59(48-27-12-14-29-50(48)60)41-34-37-57-56(38-41)54-32-17-33-55(62(54)63-57)61-51-30-15-9-24-45(51)58(40-20-5-2-6-21-40)46-25-10-16-31-52(46)61/h1-38H. The van der Waals surface area contributed by atoms with Crippen molar-refractivity contribution in [3.63, 3.8) is 0 Å². The van der Waals surface area contributed by atoms with Gasteiger partial charge in [-0.15, -0.1) is 0 Å². The molecule has 0 atom stereocenters. The maximum Gasteiger partial charge on any atom is 0.143 e. The maximum atomic E-state index is 6.98. The predicted molar refractivity (Wildman–Crippen MR) is 268 cm³/mol. The molecule has 63 heavy (non-hydrogen) atoms. The van der Waals surface area contributed by atoms with E-state index < -0.39 is 0 Å². The van der Waals surface area contributed by atoms with Crippen molar-refractivity contribution in [1.82, 2.24) is 0 Å². The number of hydrogen-bond acceptors (Lipinski definition) is 1. The van der Waals surface area contributed by atoms with Gasteiger partial charge in [0.2, 0.25) is 0 Å². The van der Waals surface area contributed by atoms with Gasteiger partial charge in [-0.3, -0.25) is 0 Å². The van der Waals surface area contributed by atoms with Crippen LogP contribution in [-0.2, 0) is 0 Å². The topological polar surface area (TPSA) is 13.1 Å². The lowest BCUT2D eigenvalue weighted by molar-refractivity contribution is 0.670. The van der Waals surface area contributed by atoms with Gasteiger partial charge in [-0.2, -0.15) is 0 Å². The molecule has 13 rings (SSSR count). The van der Waals surface area contributed by atoms with Crippen LogP contribution in [-0.4, -0.2) is 0 Å². The fourth-order valence-electron chi connectivity index (χ4n) is 10.6. The fourth-order valence-corrected chi connectivity index (χ4v) is 10.6. The molecule has 0 radical (unpaired) electrons. The Labute approximate surface area is 364 Å². The summed E-state index contributed by atoms with van der Waals surface area (Å²) in [5, 5.41) is 14.5. The SMILES string of the molecule is c1ccc(-c2ccc(-c3c4ccccc4c(-c4ccc5oc6c(-c7c8ccccc8c(-c8ccccc8)c8ccccc78)cccc6c5c4)c4ccccc34)c3ccccc23)cc1. The first kappa shape index (κ1) is 35.5. The Morgan fingerprint density at radius 2 is 0.603 bits per heavy atom. The van der Waals surface area contributed by atoms with E-state index in [4.69, 9.17) is 4.42 Å². The van der Waals surface area contributed by atoms with Crippen molar-refractivity contribution in [2.75, 3.05) is 0 Å². The first-order valence-electron chi connectivity index (χ1n) is 21.8. The van der Waals surface area contributed by atoms with E-state index >= 15 is 0 Å². The van der Waals surface area contributed by atoms with Crippen LogP contribution < -0.4 is 0 Å². The summed E-state index contributed by atoms with van der Waals surface area (Å²) in [6, 6.07) is 84.1. The molecular formula is C62H38O. The molecule has 1 heterocycles. The van der Waals surface area contributed by atoms with Crippen LogP contribution in [0.4, 0.5) is 0 Å². The summed E-state index contributed by atoms with van der Waals surface area (Å²) in [7, 11) is 0. The van der Waals surface area contributed by atoms with E-state index in [0.29, 0.717) is 0 Å². The molecule has 1 heteroatoms. The van der Waals surface area contributed by atoms with Crippen LogP contribution in [0.15, 0.2) is 235 Å². The Hall–Kier alpha value is -8.26. The van der Waals surface area contributed by atoms with Crippen LogP contribution in [0.1, 0.15) is 0 Å². The molecule has 0 aliphatic carbocycles. The van der Waals surface area contributed by atoms with Gasteiger partial charge >= 0.3 is 0 Å². The highest BCUT2D eigenvalue weighted by molar-refractivity contribution is 6.26. The van der Waals surface area contributed by atoms with E-state index in [-0.39, 0.29) is 0 Å². The number of benzene rings is 12. The van der Waals surface area contributed by atoms with Crippen molar-refractivity contribution in [1.29, 1.82) is 0 Å². The largest absolute Gasteiger partial charge is 0.455 e. The summed E-state index contributed by atoms with van der Waals surface area (Å²) in [6.07, 6.45) is 0. The molecule has 0 N–H and O–H groups in total. The molecule has 1 aromatic heterocycles. The monoisotopic (exact) mass is 798 g/mol. The Morgan fingerprint density at radius 3 is 1.14 bits per heavy atom. The lowest BCUT2D eigenvalue weighted by atomic mass is 9.83. The minimum atomic E-state index is 0.880. The lowest BCUT2D eigenvalue weighted by Crippen LogP contribution is -1.92. The Kier molecular flexibility index (Phi) is 7.98. The second-order valence-electron chi connectivity index (χ2n) is 16.6. The molecular weight excluding hydrogens is 761 g/mol. The first-order valence-corrected chi connectivity index (χ1v) is 21.8. The third-order valence-electron chi connectivity index (χ3n) is 13.3. The second-order valence-corrected chi connectivity index (χ2v) is 16.6. The van der Waals surface area contributed by atoms with Gasteiger partial charge < -0.3 is 4.42 Å². The maximum absolute atomic E-state index is 6.98. The Balaban J connectivity index is 1.04. The predicted octanol–water partition coefficient (Wildman–Crippen LogP) is 17.7. The van der Waals surface area contributed by atoms with Gasteiger partial charge in [0.1, 0.15) is 11.2 Å². The number of rotatable bonds is 5. The van der Waals surface area contributed by atoms with Crippen LogP contribution in [0, 0.1) is 0 Å². The van der Waals surface area contributed by atoms with Crippen LogP contribution >= 0.6 is 0 Å². The lowest BCUT2D eigenvalue weighted by Gasteiger charge is -2.19. The summed E-state index contributed by atoms with van der Waals surface area (Å²) in [4.78, 5) is 0. The normalized spacial score (nSPS) is 11.8. The van der Waals surface area contributed by atoms with Gasteiger partial charge in [-0.1, -0.05) is 218 Å². The van der Waals surface area contributed by atoms with E-state index in [1.165, 1.54) is 104 Å². The van der Waals surface area contributed by atoms with Gasteiger partial charge in [0.25, 0.3) is 0 Å². The summed E-state index contributed by atoms with van der Waals surface area (Å²) >= 11 is 0. The molecule has 1 nitrogen and oxygen atoms in total. The summed E-state index contributed by atoms with van der Waals surface area (Å²) in [5.74, 6) is 0. The van der Waals surface area contributed by atoms with E-state index in [9.17, 15) is 0 Å². The van der Waals surface area contributed by atoms with Gasteiger partial charge in [-0.05, 0) is 111 Å². The van der Waals surface area contributed by atoms with Crippen molar-refractivity contribution in [2.24, 2.45) is 0 Å². The summed E-state index contributed by atoms with van der Waals surface area (Å²) < 4.78 is 6.98. The Morgan fingerprint density at radius 1 is 0.206 bits per heavy atom. The highest BCUT2D eigenvalue weighted by Gasteiger charge is 2.23. The molecule has 0 saturated carbocycles. The fraction of sp³-hybridized carbons (Fsp3) is 0. The number of hydrogen-bond donors (Lipinski definition) is 0. The zero-order valence-corrected chi connectivity index (χ0v) is 34.3. The average Bonchev–Trinajstić information content (AvgIpc) is 3.73. The van der Waals surface area contributed by atoms with Gasteiger partial charge in [-0.25, -0.2) is 0 Å². The van der Waals surface area contributed by atoms with Crippen molar-refractivity contribution < 1.29 is 4.42 Å². The smallest absolute Gasteiger partial charge is 0.143 e. The number of furan rings is 1. The van der Waals surface area contributed by atoms with E-state index in [1.54, 1.807) is 0 Å². The molecule has 0 unspecified atom stereocenters. The third kappa shape index (κ3) is 5.43. The van der Waals surface area contributed by atoms with Crippen molar-refractivity contribution in [2.45, 2.75) is 0 Å². The van der Waals surface area contributed by atoms with Crippen molar-refractivity contribution in [3.05, 3.63) is 231 Å². The second kappa shape index (κ2) is 14.2. The summed E-state index contributed by atoms with van der Waals surface area (Å²) in [5.41, 5.74) is 13.9. The molecule has 0 fully saturated rings. The molecule has 0 bridgehead atoms. The van der Waals surface area contributed by atoms with Crippen molar-refractivity contribution >= 4 is 75.8 Å². The van der Waals surface area contributed by atoms with Crippen LogP contribution in [0.5, 0.6) is 0 Å². The number of para-hydroxylation sites is 1. The van der Waals surface area contributed by atoms with Crippen LogP contribution in [0.25, 0.3) is 131 Å². The van der Waals surface area contributed by atoms with Gasteiger partial charge in [0.15, 0.2) is 0 Å². The highest BCUT2D eigenvalue weighted by Crippen LogP contribution is 2.49. The third-order valence-corrected chi connectivity index (χ3v) is 13.3. The molecule has 0 aliphatic rings. The highest BCUT2D eigenvalue weighted by atomic mass is 16.3. The van der Waals surface area contributed by atoms with Crippen LogP contribution in [0.2, 0.25) is 0 Å². The zero-order chi connectivity index (χ0) is 41.4. The molecule has 0 spiro atoms. The van der Waals surface area contributed by atoms with Gasteiger partial charge in [0, 0.05) is 21.9 Å². The molecule has 0 saturated heterocycles. The number of fused-ring (bicyclic) bond motifs is 8. The van der Waals surface area contributed by atoms with Crippen LogP contribution in [0.3, 0.4) is 0 Å². The van der Waals surface area contributed by atoms with E-state index in [0.717, 1.165) is 27.5 Å². The molecule has 13 aromatic rings. The molecule has 12 aromatic carbocycles. The minimum absolute atomic E-state index is 0.880. The zero-order valence-electron chi connectivity index (χ0n) is 34.3. The molecule has 0 amide bonds. The molecule has 0 aliphatic heterocycles. The van der Waals surface area contributed by atoms with E-state index in [1.807, 2.05) is 0 Å². The van der Waals surface area contributed by atoms with Gasteiger partial charge in [0.05, 0.1) is 0 Å².